The van der Waals surface area contributed by atoms with Crippen molar-refractivity contribution in [3.8, 4) is 0 Å². The number of hydrogen-bond acceptors (Lipinski definition) is 0. The first-order valence-electron chi connectivity index (χ1n) is 6.77. The summed E-state index contributed by atoms with van der Waals surface area (Å²) >= 11 is 0. The summed E-state index contributed by atoms with van der Waals surface area (Å²) in [5.74, 6) is 0. The van der Waals surface area contributed by atoms with Gasteiger partial charge in [0, 0.05) is 6.16 Å². The lowest BCUT2D eigenvalue weighted by Gasteiger charge is -2.18. The van der Waals surface area contributed by atoms with E-state index in [0.717, 1.165) is 6.16 Å². The van der Waals surface area contributed by atoms with E-state index in [2.05, 4.69) is 78.9 Å². The Kier molecular flexibility index (Phi) is 4.25. The quantitative estimate of drug-likeness (QED) is 0.628. The molecular weight excluding hydrogens is 259 g/mol. The van der Waals surface area contributed by atoms with Crippen molar-refractivity contribution in [2.45, 2.75) is 6.16 Å². The van der Waals surface area contributed by atoms with E-state index < -0.39 is 0 Å². The van der Waals surface area contributed by atoms with Crippen molar-refractivity contribution in [3.05, 3.63) is 96.6 Å². The third-order valence-electron chi connectivity index (χ3n) is 3.24. The fourth-order valence-electron chi connectivity index (χ4n) is 2.25. The Morgan fingerprint density at radius 2 is 1.20 bits per heavy atom. The van der Waals surface area contributed by atoms with E-state index in [4.69, 9.17) is 0 Å². The molecule has 3 aromatic carbocycles. The van der Waals surface area contributed by atoms with Crippen LogP contribution >= 0.6 is 7.92 Å². The third kappa shape index (κ3) is 3.15. The van der Waals surface area contributed by atoms with Crippen LogP contribution in [0.5, 0.6) is 0 Å². The molecular formula is C19H16P. The summed E-state index contributed by atoms with van der Waals surface area (Å²) in [6.45, 7) is 0. The van der Waals surface area contributed by atoms with Gasteiger partial charge in [0.15, 0.2) is 0 Å². The highest BCUT2D eigenvalue weighted by atomic mass is 31.1. The minimum Gasteiger partial charge on any atom is -0.0622 e. The Bertz CT molecular complexity index is 593. The van der Waals surface area contributed by atoms with E-state index in [9.17, 15) is 0 Å². The van der Waals surface area contributed by atoms with Gasteiger partial charge in [-0.2, -0.15) is 0 Å². The van der Waals surface area contributed by atoms with Crippen LogP contribution < -0.4 is 10.6 Å². The summed E-state index contributed by atoms with van der Waals surface area (Å²) in [6, 6.07) is 33.3. The second-order valence-electron chi connectivity index (χ2n) is 4.65. The fraction of sp³-hybridized carbons (Fsp3) is 0.0526. The van der Waals surface area contributed by atoms with Crippen LogP contribution in [0.15, 0.2) is 84.9 Å². The van der Waals surface area contributed by atoms with Crippen LogP contribution in [0.3, 0.4) is 0 Å². The average molecular weight is 275 g/mol. The summed E-state index contributed by atoms with van der Waals surface area (Å²) in [5, 5.41) is 2.84. The van der Waals surface area contributed by atoms with Crippen LogP contribution in [0.2, 0.25) is 0 Å². The molecule has 0 spiro atoms. The molecule has 1 heteroatoms. The zero-order valence-electron chi connectivity index (χ0n) is 11.2. The Labute approximate surface area is 121 Å². The highest BCUT2D eigenvalue weighted by Crippen LogP contribution is 2.37. The van der Waals surface area contributed by atoms with Gasteiger partial charge >= 0.3 is 0 Å². The van der Waals surface area contributed by atoms with Gasteiger partial charge in [-0.3, -0.25) is 0 Å². The summed E-state index contributed by atoms with van der Waals surface area (Å²) in [7, 11) is -0.358. The average Bonchev–Trinajstić information content (AvgIpc) is 2.55. The van der Waals surface area contributed by atoms with Crippen LogP contribution in [-0.2, 0) is 6.16 Å². The van der Waals surface area contributed by atoms with E-state index in [0.29, 0.717) is 0 Å². The second-order valence-corrected chi connectivity index (χ2v) is 6.85. The fourth-order valence-corrected chi connectivity index (χ4v) is 4.51. The Morgan fingerprint density at radius 3 is 1.70 bits per heavy atom. The molecule has 0 aliphatic carbocycles. The second kappa shape index (κ2) is 6.50. The molecule has 0 N–H and O–H groups in total. The van der Waals surface area contributed by atoms with Crippen LogP contribution in [0.25, 0.3) is 0 Å². The molecule has 0 atom stereocenters. The SMILES string of the molecule is [c]1ccccc1CP(c1ccccc1)c1ccccc1. The first kappa shape index (κ1) is 13.1. The van der Waals surface area contributed by atoms with Crippen LogP contribution in [0.4, 0.5) is 0 Å². The Morgan fingerprint density at radius 1 is 0.650 bits per heavy atom. The predicted molar refractivity (Wildman–Crippen MR) is 88.1 cm³/mol. The molecule has 0 saturated heterocycles. The first-order valence-corrected chi connectivity index (χ1v) is 8.29. The summed E-state index contributed by atoms with van der Waals surface area (Å²) < 4.78 is 0. The molecule has 0 nitrogen and oxygen atoms in total. The maximum Gasteiger partial charge on any atom is 0.00136 e. The standard InChI is InChI=1S/C19H16P/c1-4-10-17(11-5-1)16-20(18-12-6-2-7-13-18)19-14-8-3-9-15-19/h1-10,12-15H,16H2. The molecule has 0 amide bonds. The van der Waals surface area contributed by atoms with E-state index in [1.807, 2.05) is 12.1 Å². The van der Waals surface area contributed by atoms with Crippen LogP contribution in [0.1, 0.15) is 5.56 Å². The number of hydrogen-bond donors (Lipinski definition) is 0. The molecule has 0 fully saturated rings. The van der Waals surface area contributed by atoms with Crippen molar-refractivity contribution in [1.29, 1.82) is 0 Å². The van der Waals surface area contributed by atoms with Crippen molar-refractivity contribution in [3.63, 3.8) is 0 Å². The van der Waals surface area contributed by atoms with Crippen molar-refractivity contribution < 1.29 is 0 Å². The molecule has 0 aliphatic heterocycles. The summed E-state index contributed by atoms with van der Waals surface area (Å²) in [5.41, 5.74) is 1.28. The van der Waals surface area contributed by atoms with E-state index in [-0.39, 0.29) is 7.92 Å². The van der Waals surface area contributed by atoms with Crippen LogP contribution in [0, 0.1) is 6.07 Å². The van der Waals surface area contributed by atoms with Gasteiger partial charge in [0.2, 0.25) is 0 Å². The minimum absolute atomic E-state index is 0.358. The summed E-state index contributed by atoms with van der Waals surface area (Å²) in [6.07, 6.45) is 1.05. The highest BCUT2D eigenvalue weighted by molar-refractivity contribution is 7.72. The van der Waals surface area contributed by atoms with Crippen molar-refractivity contribution >= 4 is 18.5 Å². The highest BCUT2D eigenvalue weighted by Gasteiger charge is 2.13. The Balaban J connectivity index is 1.96. The van der Waals surface area contributed by atoms with Gasteiger partial charge in [-0.1, -0.05) is 84.9 Å². The minimum atomic E-state index is -0.358. The lowest BCUT2D eigenvalue weighted by Crippen LogP contribution is -2.12. The molecule has 3 rings (SSSR count). The number of rotatable bonds is 4. The Hall–Kier alpha value is -1.91. The van der Waals surface area contributed by atoms with Crippen molar-refractivity contribution in [2.75, 3.05) is 0 Å². The molecule has 3 aromatic rings. The lowest BCUT2D eigenvalue weighted by atomic mass is 10.2. The van der Waals surface area contributed by atoms with Gasteiger partial charge in [-0.05, 0) is 30.2 Å². The van der Waals surface area contributed by atoms with Gasteiger partial charge in [0.1, 0.15) is 0 Å². The molecule has 1 radical (unpaired) electrons. The molecule has 0 aliphatic rings. The van der Waals surface area contributed by atoms with Gasteiger partial charge in [0.05, 0.1) is 0 Å². The maximum atomic E-state index is 3.35. The van der Waals surface area contributed by atoms with E-state index in [1.54, 1.807) is 0 Å². The molecule has 0 unspecified atom stereocenters. The van der Waals surface area contributed by atoms with E-state index >= 15 is 0 Å². The predicted octanol–water partition coefficient (Wildman–Crippen LogP) is 4.12. The molecule has 0 bridgehead atoms. The summed E-state index contributed by atoms with van der Waals surface area (Å²) in [4.78, 5) is 0. The molecule has 97 valence electrons. The maximum absolute atomic E-state index is 3.35. The molecule has 0 aromatic heterocycles. The van der Waals surface area contributed by atoms with Gasteiger partial charge in [0.25, 0.3) is 0 Å². The van der Waals surface area contributed by atoms with E-state index in [1.165, 1.54) is 16.2 Å². The molecule has 0 heterocycles. The first-order chi connectivity index (χ1) is 9.93. The smallest absolute Gasteiger partial charge is 0.00136 e. The monoisotopic (exact) mass is 275 g/mol. The topological polar surface area (TPSA) is 0 Å². The molecule has 0 saturated carbocycles. The molecule has 20 heavy (non-hydrogen) atoms. The van der Waals surface area contributed by atoms with Crippen molar-refractivity contribution in [2.24, 2.45) is 0 Å². The van der Waals surface area contributed by atoms with Crippen molar-refractivity contribution in [1.82, 2.24) is 0 Å². The van der Waals surface area contributed by atoms with Gasteiger partial charge < -0.3 is 0 Å². The zero-order valence-corrected chi connectivity index (χ0v) is 12.1. The van der Waals surface area contributed by atoms with Gasteiger partial charge in [-0.15, -0.1) is 0 Å². The van der Waals surface area contributed by atoms with Crippen LogP contribution in [-0.4, -0.2) is 0 Å². The zero-order chi connectivity index (χ0) is 13.6. The normalized spacial score (nSPS) is 10.7. The van der Waals surface area contributed by atoms with Gasteiger partial charge in [-0.25, -0.2) is 0 Å². The lowest BCUT2D eigenvalue weighted by molar-refractivity contribution is 1.39. The number of benzene rings is 3. The largest absolute Gasteiger partial charge is 0.0622 e. The third-order valence-corrected chi connectivity index (χ3v) is 5.74.